The summed E-state index contributed by atoms with van der Waals surface area (Å²) < 4.78 is 10.9. The summed E-state index contributed by atoms with van der Waals surface area (Å²) in [5, 5.41) is 13.8. The van der Waals surface area contributed by atoms with Crippen LogP contribution >= 0.6 is 0 Å². The van der Waals surface area contributed by atoms with Crippen LogP contribution in [0.1, 0.15) is 5.56 Å². The van der Waals surface area contributed by atoms with Crippen LogP contribution in [0.25, 0.3) is 88.8 Å². The van der Waals surface area contributed by atoms with Crippen molar-refractivity contribution in [1.82, 2.24) is 19.3 Å². The van der Waals surface area contributed by atoms with E-state index in [-0.39, 0.29) is 0 Å². The maximum absolute atomic E-state index is 6.19. The molecule has 0 saturated carbocycles. The first-order valence-corrected chi connectivity index (χ1v) is 17.3. The number of hydrogen-bond acceptors (Lipinski definition) is 3. The van der Waals surface area contributed by atoms with Gasteiger partial charge < -0.3 is 13.6 Å². The fourth-order valence-corrected chi connectivity index (χ4v) is 7.58. The maximum atomic E-state index is 6.19. The van der Waals surface area contributed by atoms with Gasteiger partial charge in [-0.3, -0.25) is 0 Å². The third kappa shape index (κ3) is 4.93. The number of para-hydroxylation sites is 2. The van der Waals surface area contributed by atoms with Crippen molar-refractivity contribution in [2.75, 3.05) is 0 Å². The summed E-state index contributed by atoms with van der Waals surface area (Å²) in [6, 6.07) is 58.0. The van der Waals surface area contributed by atoms with E-state index < -0.39 is 0 Å². The zero-order valence-electron chi connectivity index (χ0n) is 28.0. The molecule has 0 unspecified atom stereocenters. The fraction of sp³-hybridized carbons (Fsp3) is 0.0435. The molecule has 3 aromatic heterocycles. The third-order valence-corrected chi connectivity index (χ3v) is 10.2. The summed E-state index contributed by atoms with van der Waals surface area (Å²) in [5.74, 6) is 1.00. The first-order valence-electron chi connectivity index (χ1n) is 17.3. The monoisotopic (exact) mass is 656 g/mol. The van der Waals surface area contributed by atoms with Crippen LogP contribution in [-0.2, 0) is 13.6 Å². The highest BCUT2D eigenvalue weighted by molar-refractivity contribution is 6.10. The van der Waals surface area contributed by atoms with Gasteiger partial charge in [0.15, 0.2) is 0 Å². The van der Waals surface area contributed by atoms with Crippen molar-refractivity contribution in [3.63, 3.8) is 0 Å². The minimum atomic E-state index is 0.501. The molecule has 0 aliphatic carbocycles. The summed E-state index contributed by atoms with van der Waals surface area (Å²) in [7, 11) is 2.13. The molecule has 51 heavy (non-hydrogen) atoms. The number of benzene rings is 7. The van der Waals surface area contributed by atoms with E-state index in [1.54, 1.807) is 0 Å². The summed E-state index contributed by atoms with van der Waals surface area (Å²) in [6.45, 7) is 0.831. The van der Waals surface area contributed by atoms with Crippen LogP contribution in [0.5, 0.6) is 0 Å². The Labute approximate surface area is 294 Å². The number of hydrogen-bond donors (Lipinski definition) is 0. The Hall–Kier alpha value is -6.72. The van der Waals surface area contributed by atoms with Gasteiger partial charge in [-0.15, -0.1) is 10.2 Å². The van der Waals surface area contributed by atoms with Crippen molar-refractivity contribution in [2.45, 2.75) is 6.54 Å². The van der Waals surface area contributed by atoms with E-state index in [4.69, 9.17) is 4.42 Å². The standard InChI is InChI=1S/C46H32N4O/c1-49-41-13-7-5-11-37(41)39-27-35(23-25-42(39)49)31-15-19-33(20-16-31)45-47-48-46(51-45)34-21-17-32(18-22-34)36-24-26-44-40(28-36)38-12-6-8-14-43(38)50(44)29-30-9-3-2-4-10-30/h2-28H,29H2,1H3. The molecule has 7 aromatic carbocycles. The molecule has 5 heteroatoms. The summed E-state index contributed by atoms with van der Waals surface area (Å²) in [6.07, 6.45) is 0. The maximum Gasteiger partial charge on any atom is 0.248 e. The quantitative estimate of drug-likeness (QED) is 0.179. The van der Waals surface area contributed by atoms with Crippen molar-refractivity contribution in [3.8, 4) is 45.2 Å². The Morgan fingerprint density at radius 1 is 0.412 bits per heavy atom. The summed E-state index contributed by atoms with van der Waals surface area (Å²) in [5.41, 5.74) is 12.6. The largest absolute Gasteiger partial charge is 0.416 e. The number of aryl methyl sites for hydroxylation is 1. The van der Waals surface area contributed by atoms with Gasteiger partial charge in [0.05, 0.1) is 0 Å². The van der Waals surface area contributed by atoms with Gasteiger partial charge in [0.2, 0.25) is 11.8 Å². The molecule has 0 radical (unpaired) electrons. The van der Waals surface area contributed by atoms with Crippen molar-refractivity contribution < 1.29 is 4.42 Å². The molecule has 10 aromatic rings. The molecule has 0 saturated heterocycles. The molecule has 0 spiro atoms. The van der Waals surface area contributed by atoms with Crippen molar-refractivity contribution in [2.24, 2.45) is 7.05 Å². The lowest BCUT2D eigenvalue weighted by Crippen LogP contribution is -1.98. The Morgan fingerprint density at radius 2 is 0.843 bits per heavy atom. The van der Waals surface area contributed by atoms with Crippen LogP contribution in [0.4, 0.5) is 0 Å². The third-order valence-electron chi connectivity index (χ3n) is 10.2. The number of fused-ring (bicyclic) bond motifs is 6. The average Bonchev–Trinajstić information content (AvgIpc) is 3.89. The normalized spacial score (nSPS) is 11.7. The second kappa shape index (κ2) is 11.7. The van der Waals surface area contributed by atoms with E-state index in [2.05, 4.69) is 190 Å². The first kappa shape index (κ1) is 29.2. The van der Waals surface area contributed by atoms with Crippen LogP contribution in [0, 0.1) is 0 Å². The van der Waals surface area contributed by atoms with Crippen LogP contribution in [0.3, 0.4) is 0 Å². The first-order chi connectivity index (χ1) is 25.2. The van der Waals surface area contributed by atoms with Crippen molar-refractivity contribution in [1.29, 1.82) is 0 Å². The lowest BCUT2D eigenvalue weighted by atomic mass is 10.0. The zero-order chi connectivity index (χ0) is 33.9. The van der Waals surface area contributed by atoms with Gasteiger partial charge in [0, 0.05) is 68.3 Å². The van der Waals surface area contributed by atoms with Gasteiger partial charge in [-0.1, -0.05) is 103 Å². The Morgan fingerprint density at radius 3 is 1.47 bits per heavy atom. The van der Waals surface area contributed by atoms with Gasteiger partial charge >= 0.3 is 0 Å². The predicted molar refractivity (Wildman–Crippen MR) is 209 cm³/mol. The number of nitrogens with zero attached hydrogens (tertiary/aromatic N) is 4. The molecule has 0 amide bonds. The minimum absolute atomic E-state index is 0.501. The molecule has 0 bridgehead atoms. The highest BCUT2D eigenvalue weighted by atomic mass is 16.4. The topological polar surface area (TPSA) is 48.8 Å². The Bertz CT molecular complexity index is 2880. The summed E-state index contributed by atoms with van der Waals surface area (Å²) >= 11 is 0. The molecule has 3 heterocycles. The smallest absolute Gasteiger partial charge is 0.248 e. The van der Waals surface area contributed by atoms with Crippen LogP contribution in [0.2, 0.25) is 0 Å². The van der Waals surface area contributed by atoms with E-state index in [0.717, 1.165) is 28.8 Å². The van der Waals surface area contributed by atoms with Crippen LogP contribution in [-0.4, -0.2) is 19.3 Å². The minimum Gasteiger partial charge on any atom is -0.416 e. The highest BCUT2D eigenvalue weighted by Crippen LogP contribution is 2.35. The zero-order valence-corrected chi connectivity index (χ0v) is 28.0. The van der Waals surface area contributed by atoms with E-state index >= 15 is 0 Å². The van der Waals surface area contributed by atoms with Crippen LogP contribution < -0.4 is 0 Å². The molecular weight excluding hydrogens is 625 g/mol. The van der Waals surface area contributed by atoms with Crippen molar-refractivity contribution in [3.05, 3.63) is 169 Å². The predicted octanol–water partition coefficient (Wildman–Crippen LogP) is 11.5. The fourth-order valence-electron chi connectivity index (χ4n) is 7.58. The molecule has 0 N–H and O–H groups in total. The van der Waals surface area contributed by atoms with Crippen molar-refractivity contribution >= 4 is 43.6 Å². The van der Waals surface area contributed by atoms with Gasteiger partial charge in [0.1, 0.15) is 0 Å². The molecule has 5 nitrogen and oxygen atoms in total. The number of aromatic nitrogens is 4. The average molecular weight is 657 g/mol. The molecule has 242 valence electrons. The number of rotatable bonds is 6. The molecule has 10 rings (SSSR count). The van der Waals surface area contributed by atoms with E-state index in [9.17, 15) is 0 Å². The van der Waals surface area contributed by atoms with E-state index in [0.29, 0.717) is 11.8 Å². The lowest BCUT2D eigenvalue weighted by Gasteiger charge is -2.08. The molecular formula is C46H32N4O. The lowest BCUT2D eigenvalue weighted by molar-refractivity contribution is 0.584. The Balaban J connectivity index is 0.909. The molecule has 0 fully saturated rings. The van der Waals surface area contributed by atoms with Gasteiger partial charge in [-0.25, -0.2) is 0 Å². The van der Waals surface area contributed by atoms with Gasteiger partial charge in [-0.05, 0) is 88.5 Å². The van der Waals surface area contributed by atoms with Gasteiger partial charge in [-0.2, -0.15) is 0 Å². The molecule has 0 atom stereocenters. The van der Waals surface area contributed by atoms with E-state index in [1.807, 2.05) is 0 Å². The van der Waals surface area contributed by atoms with E-state index in [1.165, 1.54) is 60.3 Å². The molecule has 0 aliphatic rings. The SMILES string of the molecule is Cn1c2ccccc2c2cc(-c3ccc(-c4nnc(-c5ccc(-c6ccc7c(c6)c6ccccc6n7Cc6ccccc6)cc5)o4)cc3)ccc21. The Kier molecular flexibility index (Phi) is 6.71. The van der Waals surface area contributed by atoms with Crippen LogP contribution in [0.15, 0.2) is 168 Å². The highest BCUT2D eigenvalue weighted by Gasteiger charge is 2.15. The summed E-state index contributed by atoms with van der Waals surface area (Å²) in [4.78, 5) is 0. The second-order valence-corrected chi connectivity index (χ2v) is 13.2. The second-order valence-electron chi connectivity index (χ2n) is 13.2. The molecule has 0 aliphatic heterocycles. The van der Waals surface area contributed by atoms with Gasteiger partial charge in [0.25, 0.3) is 0 Å².